The van der Waals surface area contributed by atoms with Gasteiger partial charge < -0.3 is 4.74 Å². The summed E-state index contributed by atoms with van der Waals surface area (Å²) in [6.45, 7) is 4.22. The summed E-state index contributed by atoms with van der Waals surface area (Å²) in [5.74, 6) is 1.02. The number of aryl methyl sites for hydroxylation is 1. The molecule has 0 aliphatic carbocycles. The number of para-hydroxylation sites is 1. The molecule has 0 aromatic heterocycles. The fourth-order valence-corrected chi connectivity index (χ4v) is 4.14. The van der Waals surface area contributed by atoms with E-state index < -0.39 is 0 Å². The van der Waals surface area contributed by atoms with E-state index in [1.807, 2.05) is 48.5 Å². The van der Waals surface area contributed by atoms with Crippen molar-refractivity contribution in [3.63, 3.8) is 0 Å². The van der Waals surface area contributed by atoms with Crippen molar-refractivity contribution in [1.82, 2.24) is 0 Å². The zero-order valence-electron chi connectivity index (χ0n) is 14.5. The minimum atomic E-state index is 0.0995. The standard InChI is InChI=1S/C22H21O2P/c1-16-9-8-14-21(22(16)24-15-18-10-4-3-5-11-18)25-20-13-7-6-12-19(20)17(2)23/h3-14,25H,15H2,1-2H3. The molecule has 0 aliphatic heterocycles. The van der Waals surface area contributed by atoms with E-state index in [1.54, 1.807) is 6.92 Å². The molecule has 0 fully saturated rings. The second-order valence-corrected chi connectivity index (χ2v) is 7.28. The number of rotatable bonds is 6. The summed E-state index contributed by atoms with van der Waals surface area (Å²) in [5.41, 5.74) is 3.04. The number of ketones is 1. The van der Waals surface area contributed by atoms with Gasteiger partial charge in [0.2, 0.25) is 0 Å². The van der Waals surface area contributed by atoms with E-state index in [-0.39, 0.29) is 5.78 Å². The highest BCUT2D eigenvalue weighted by atomic mass is 31.1. The van der Waals surface area contributed by atoms with Crippen molar-refractivity contribution in [3.8, 4) is 5.75 Å². The molecule has 126 valence electrons. The number of hydrogen-bond acceptors (Lipinski definition) is 2. The van der Waals surface area contributed by atoms with Crippen molar-refractivity contribution in [2.24, 2.45) is 0 Å². The van der Waals surface area contributed by atoms with Crippen molar-refractivity contribution >= 4 is 25.0 Å². The van der Waals surface area contributed by atoms with Gasteiger partial charge >= 0.3 is 0 Å². The first-order valence-electron chi connectivity index (χ1n) is 8.28. The van der Waals surface area contributed by atoms with Gasteiger partial charge in [-0.15, -0.1) is 0 Å². The van der Waals surface area contributed by atoms with Crippen molar-refractivity contribution in [3.05, 3.63) is 89.5 Å². The number of ether oxygens (including phenoxy) is 1. The number of hydrogen-bond donors (Lipinski definition) is 0. The molecule has 0 saturated carbocycles. The molecule has 0 N–H and O–H groups in total. The van der Waals surface area contributed by atoms with Crippen molar-refractivity contribution in [1.29, 1.82) is 0 Å². The van der Waals surface area contributed by atoms with Gasteiger partial charge in [0, 0.05) is 10.9 Å². The van der Waals surface area contributed by atoms with Crippen LogP contribution in [0.3, 0.4) is 0 Å². The van der Waals surface area contributed by atoms with Gasteiger partial charge in [0.1, 0.15) is 12.4 Å². The van der Waals surface area contributed by atoms with Gasteiger partial charge in [0.05, 0.1) is 0 Å². The first kappa shape index (κ1) is 17.4. The minimum absolute atomic E-state index is 0.0995. The van der Waals surface area contributed by atoms with E-state index >= 15 is 0 Å². The van der Waals surface area contributed by atoms with Crippen LogP contribution >= 0.6 is 8.58 Å². The molecule has 3 heteroatoms. The lowest BCUT2D eigenvalue weighted by atomic mass is 10.1. The Bertz CT molecular complexity index is 872. The van der Waals surface area contributed by atoms with Crippen LogP contribution in [-0.4, -0.2) is 5.78 Å². The van der Waals surface area contributed by atoms with Crippen LogP contribution in [0.2, 0.25) is 0 Å². The van der Waals surface area contributed by atoms with Crippen LogP contribution in [0.15, 0.2) is 72.8 Å². The molecule has 3 aromatic carbocycles. The molecule has 25 heavy (non-hydrogen) atoms. The fourth-order valence-electron chi connectivity index (χ4n) is 2.72. The number of carbonyl (C=O) groups excluding carboxylic acids is 1. The predicted molar refractivity (Wildman–Crippen MR) is 106 cm³/mol. The SMILES string of the molecule is CC(=O)c1ccccc1Pc1cccc(C)c1OCc1ccccc1. The highest BCUT2D eigenvalue weighted by molar-refractivity contribution is 7.56. The van der Waals surface area contributed by atoms with E-state index in [0.29, 0.717) is 15.2 Å². The van der Waals surface area contributed by atoms with E-state index in [1.165, 1.54) is 0 Å². The summed E-state index contributed by atoms with van der Waals surface area (Å²) in [7, 11) is 0.385. The molecule has 3 rings (SSSR count). The molecule has 0 saturated heterocycles. The largest absolute Gasteiger partial charge is 0.488 e. The lowest BCUT2D eigenvalue weighted by molar-refractivity contribution is 0.101. The average molecular weight is 348 g/mol. The monoisotopic (exact) mass is 348 g/mol. The summed E-state index contributed by atoms with van der Waals surface area (Å²) < 4.78 is 6.15. The molecule has 0 amide bonds. The Balaban J connectivity index is 1.87. The van der Waals surface area contributed by atoms with Crippen molar-refractivity contribution < 1.29 is 9.53 Å². The van der Waals surface area contributed by atoms with E-state index in [9.17, 15) is 4.79 Å². The highest BCUT2D eigenvalue weighted by Gasteiger charge is 2.12. The van der Waals surface area contributed by atoms with Crippen LogP contribution in [0.5, 0.6) is 5.75 Å². The Morgan fingerprint density at radius 3 is 2.32 bits per heavy atom. The maximum Gasteiger partial charge on any atom is 0.160 e. The Hall–Kier alpha value is -2.44. The zero-order chi connectivity index (χ0) is 17.6. The third kappa shape index (κ3) is 4.35. The summed E-state index contributed by atoms with van der Waals surface area (Å²) >= 11 is 0. The first-order valence-corrected chi connectivity index (χ1v) is 9.28. The minimum Gasteiger partial charge on any atom is -0.488 e. The maximum atomic E-state index is 11.9. The smallest absolute Gasteiger partial charge is 0.160 e. The lowest BCUT2D eigenvalue weighted by Gasteiger charge is -2.15. The molecule has 3 aromatic rings. The summed E-state index contributed by atoms with van der Waals surface area (Å²) in [4.78, 5) is 11.9. The van der Waals surface area contributed by atoms with Crippen LogP contribution in [-0.2, 0) is 6.61 Å². The van der Waals surface area contributed by atoms with Gasteiger partial charge in [0.25, 0.3) is 0 Å². The molecule has 0 heterocycles. The van der Waals surface area contributed by atoms with E-state index in [2.05, 4.69) is 31.2 Å². The zero-order valence-corrected chi connectivity index (χ0v) is 15.5. The Morgan fingerprint density at radius 2 is 1.56 bits per heavy atom. The first-order chi connectivity index (χ1) is 12.1. The summed E-state index contributed by atoms with van der Waals surface area (Å²) in [5, 5.41) is 2.19. The van der Waals surface area contributed by atoms with E-state index in [0.717, 1.165) is 33.0 Å². The molecule has 1 atom stereocenters. The van der Waals surface area contributed by atoms with Gasteiger partial charge in [-0.1, -0.05) is 81.4 Å². The summed E-state index contributed by atoms with van der Waals surface area (Å²) in [6.07, 6.45) is 0. The van der Waals surface area contributed by atoms with Crippen LogP contribution in [0.4, 0.5) is 0 Å². The highest BCUT2D eigenvalue weighted by Crippen LogP contribution is 2.25. The van der Waals surface area contributed by atoms with Crippen LogP contribution < -0.4 is 15.3 Å². The molecule has 0 spiro atoms. The Morgan fingerprint density at radius 1 is 0.880 bits per heavy atom. The molecular formula is C22H21O2P. The second-order valence-electron chi connectivity index (χ2n) is 5.95. The number of carbonyl (C=O) groups is 1. The van der Waals surface area contributed by atoms with Gasteiger partial charge in [-0.2, -0.15) is 0 Å². The van der Waals surface area contributed by atoms with Crippen molar-refractivity contribution in [2.75, 3.05) is 0 Å². The summed E-state index contributed by atoms with van der Waals surface area (Å²) in [6, 6.07) is 24.2. The average Bonchev–Trinajstić information content (AvgIpc) is 2.62. The molecule has 0 bridgehead atoms. The Labute approximate surface area is 150 Å². The van der Waals surface area contributed by atoms with Gasteiger partial charge in [-0.3, -0.25) is 4.79 Å². The third-order valence-electron chi connectivity index (χ3n) is 4.01. The van der Waals surface area contributed by atoms with Crippen molar-refractivity contribution in [2.45, 2.75) is 20.5 Å². The second kappa shape index (κ2) is 8.09. The maximum absolute atomic E-state index is 11.9. The van der Waals surface area contributed by atoms with E-state index in [4.69, 9.17) is 4.74 Å². The number of benzene rings is 3. The predicted octanol–water partition coefficient (Wildman–Crippen LogP) is 4.41. The quantitative estimate of drug-likeness (QED) is 0.487. The molecule has 2 nitrogen and oxygen atoms in total. The molecule has 0 aliphatic rings. The van der Waals surface area contributed by atoms with Crippen LogP contribution in [0.25, 0.3) is 0 Å². The van der Waals surface area contributed by atoms with Gasteiger partial charge in [0.15, 0.2) is 5.78 Å². The fraction of sp³-hybridized carbons (Fsp3) is 0.136. The van der Waals surface area contributed by atoms with Crippen LogP contribution in [0, 0.1) is 6.92 Å². The Kier molecular flexibility index (Phi) is 5.63. The van der Waals surface area contributed by atoms with Crippen LogP contribution in [0.1, 0.15) is 28.4 Å². The lowest BCUT2D eigenvalue weighted by Crippen LogP contribution is -2.14. The molecule has 0 radical (unpaired) electrons. The molecule has 1 unspecified atom stereocenters. The topological polar surface area (TPSA) is 26.3 Å². The molecular weight excluding hydrogens is 327 g/mol. The van der Waals surface area contributed by atoms with Gasteiger partial charge in [-0.05, 0) is 30.3 Å². The number of Topliss-reactive ketones (excluding diaryl/α,β-unsaturated/α-hetero) is 1. The van der Waals surface area contributed by atoms with Gasteiger partial charge in [-0.25, -0.2) is 0 Å². The normalized spacial score (nSPS) is 11.0. The third-order valence-corrected chi connectivity index (χ3v) is 5.38.